The predicted molar refractivity (Wildman–Crippen MR) is 220 cm³/mol. The summed E-state index contributed by atoms with van der Waals surface area (Å²) < 4.78 is 45.7. The second kappa shape index (κ2) is 41.4. The fourth-order valence-electron chi connectivity index (χ4n) is 6.76. The van der Waals surface area contributed by atoms with Crippen molar-refractivity contribution in [3.63, 3.8) is 0 Å². The molecule has 0 saturated heterocycles. The third kappa shape index (κ3) is 48.7. The molecule has 0 bridgehead atoms. The molecular formula is C43H87NO9S. The molecule has 10 nitrogen and oxygen atoms in total. The first-order chi connectivity index (χ1) is 26.0. The van der Waals surface area contributed by atoms with Crippen molar-refractivity contribution < 1.29 is 47.6 Å². The lowest BCUT2D eigenvalue weighted by molar-refractivity contribution is -0.910. The van der Waals surface area contributed by atoms with Crippen LogP contribution in [0, 0.1) is 0 Å². The Kier molecular flexibility index (Phi) is 42.0. The molecule has 0 aromatic carbocycles. The van der Waals surface area contributed by atoms with Gasteiger partial charge in [0.25, 0.3) is 0 Å². The number of likely N-dealkylation sites (N-methyl/N-ethyl adjacent to an activating group) is 1. The zero-order chi connectivity index (χ0) is 40.4. The van der Waals surface area contributed by atoms with Crippen LogP contribution in [-0.4, -0.2) is 85.6 Å². The Balaban J connectivity index is -0.00000420. The van der Waals surface area contributed by atoms with Crippen LogP contribution >= 0.6 is 0 Å². The van der Waals surface area contributed by atoms with Crippen LogP contribution in [0.5, 0.6) is 0 Å². The van der Waals surface area contributed by atoms with Gasteiger partial charge in [0.2, 0.25) is 0 Å². The highest BCUT2D eigenvalue weighted by Gasteiger charge is 2.22. The third-order valence-electron chi connectivity index (χ3n) is 10.4. The van der Waals surface area contributed by atoms with E-state index < -0.39 is 10.4 Å². The Hall–Kier alpha value is -1.27. The zero-order valence-electron chi connectivity index (χ0n) is 36.4. The van der Waals surface area contributed by atoms with Gasteiger partial charge in [-0.1, -0.05) is 194 Å². The minimum atomic E-state index is -5.17. The summed E-state index contributed by atoms with van der Waals surface area (Å²) in [7, 11) is -3.14. The van der Waals surface area contributed by atoms with Gasteiger partial charge >= 0.3 is 13.4 Å². The van der Waals surface area contributed by atoms with E-state index in [0.29, 0.717) is 50.2 Å². The number of aliphatic hydroxyl groups excluding tert-OH is 1. The molecule has 1 N–H and O–H groups in total. The molecule has 0 saturated carbocycles. The van der Waals surface area contributed by atoms with Gasteiger partial charge in [-0.3, -0.25) is 18.0 Å². The largest absolute Gasteiger partial charge is 1.00 e. The first-order valence-electron chi connectivity index (χ1n) is 22.4. The van der Waals surface area contributed by atoms with Gasteiger partial charge in [0, 0.05) is 23.2 Å². The Morgan fingerprint density at radius 3 is 0.926 bits per heavy atom. The zero-order valence-corrected chi connectivity index (χ0v) is 36.3. The van der Waals surface area contributed by atoms with E-state index in [1.807, 2.05) is 7.05 Å². The fourth-order valence-corrected chi connectivity index (χ4v) is 6.76. The van der Waals surface area contributed by atoms with Gasteiger partial charge in [0.15, 0.2) is 0 Å². The molecule has 0 aliphatic heterocycles. The van der Waals surface area contributed by atoms with Gasteiger partial charge < -0.3 is 28.2 Å². The average molecular weight is 794 g/mol. The van der Waals surface area contributed by atoms with Crippen molar-refractivity contribution in [3.8, 4) is 0 Å². The Labute approximate surface area is 335 Å². The summed E-state index contributed by atoms with van der Waals surface area (Å²) in [6.45, 7) is 7.05. The smallest absolute Gasteiger partial charge is 0.759 e. The number of unbranched alkanes of at least 4 members (excludes halogenated alkanes) is 28. The molecule has 0 fully saturated rings. The Morgan fingerprint density at radius 2 is 0.704 bits per heavy atom. The number of ether oxygens (including phenoxy) is 2. The van der Waals surface area contributed by atoms with Crippen molar-refractivity contribution in [2.75, 3.05) is 46.5 Å². The summed E-state index contributed by atoms with van der Waals surface area (Å²) in [5.74, 6) is -0.250. The summed E-state index contributed by atoms with van der Waals surface area (Å²) in [5.41, 5.74) is 0. The van der Waals surface area contributed by atoms with Gasteiger partial charge in [-0.15, -0.1) is 0 Å². The SMILES string of the molecule is CCCCCCCCCCCCCCCCCC(=O)OCC[N+](C)(CCO)CCOC(=O)CCCCCCCCCCCCCCCCC.O=S(=O)([O-])[O-].[H+]. The Bertz CT molecular complexity index is 864. The predicted octanol–water partition coefficient (Wildman–Crippen LogP) is 10.8. The third-order valence-corrected chi connectivity index (χ3v) is 10.4. The molecule has 324 valence electrons. The molecule has 0 spiro atoms. The molecule has 0 radical (unpaired) electrons. The molecular weight excluding hydrogens is 707 g/mol. The van der Waals surface area contributed by atoms with Crippen molar-refractivity contribution >= 4 is 22.3 Å². The van der Waals surface area contributed by atoms with E-state index in [2.05, 4.69) is 13.8 Å². The van der Waals surface area contributed by atoms with Crippen LogP contribution in [0.4, 0.5) is 0 Å². The van der Waals surface area contributed by atoms with Crippen molar-refractivity contribution in [1.29, 1.82) is 0 Å². The molecule has 0 aliphatic rings. The number of aliphatic hydroxyl groups is 1. The second-order valence-electron chi connectivity index (χ2n) is 15.8. The van der Waals surface area contributed by atoms with Crippen molar-refractivity contribution in [1.82, 2.24) is 0 Å². The van der Waals surface area contributed by atoms with Crippen LogP contribution in [0.25, 0.3) is 0 Å². The number of carbonyl (C=O) groups is 2. The molecule has 0 aliphatic carbocycles. The quantitative estimate of drug-likeness (QED) is 0.0210. The minimum absolute atomic E-state index is 0. The molecule has 0 amide bonds. The van der Waals surface area contributed by atoms with E-state index in [4.69, 9.17) is 27.0 Å². The normalized spacial score (nSPS) is 11.7. The van der Waals surface area contributed by atoms with E-state index in [1.54, 1.807) is 0 Å². The van der Waals surface area contributed by atoms with Gasteiger partial charge in [-0.2, -0.15) is 0 Å². The summed E-state index contributed by atoms with van der Waals surface area (Å²) in [6, 6.07) is 0. The van der Waals surface area contributed by atoms with Gasteiger partial charge in [0.1, 0.15) is 32.8 Å². The van der Waals surface area contributed by atoms with E-state index >= 15 is 0 Å². The van der Waals surface area contributed by atoms with Gasteiger partial charge in [-0.25, -0.2) is 0 Å². The number of quaternary nitrogens is 1. The maximum Gasteiger partial charge on any atom is 1.00 e. The molecule has 0 rings (SSSR count). The molecule has 0 heterocycles. The maximum absolute atomic E-state index is 12.3. The summed E-state index contributed by atoms with van der Waals surface area (Å²) in [4.78, 5) is 24.5. The lowest BCUT2D eigenvalue weighted by Crippen LogP contribution is -2.50. The molecule has 0 atom stereocenters. The van der Waals surface area contributed by atoms with Crippen LogP contribution in [0.15, 0.2) is 0 Å². The number of hydrogen-bond acceptors (Lipinski definition) is 9. The summed E-state index contributed by atoms with van der Waals surface area (Å²) in [6.07, 6.45) is 40.3. The van der Waals surface area contributed by atoms with Gasteiger partial charge in [-0.05, 0) is 12.8 Å². The first kappa shape index (κ1) is 54.8. The van der Waals surface area contributed by atoms with Gasteiger partial charge in [0.05, 0.1) is 13.7 Å². The fraction of sp³-hybridized carbons (Fsp3) is 0.953. The minimum Gasteiger partial charge on any atom is -0.759 e. The second-order valence-corrected chi connectivity index (χ2v) is 16.6. The topological polar surface area (TPSA) is 153 Å². The van der Waals surface area contributed by atoms with Crippen molar-refractivity contribution in [2.24, 2.45) is 0 Å². The molecule has 0 aromatic rings. The number of hydrogen-bond donors (Lipinski definition) is 1. The molecule has 0 aromatic heterocycles. The number of esters is 2. The van der Waals surface area contributed by atoms with Crippen LogP contribution in [0.2, 0.25) is 0 Å². The van der Waals surface area contributed by atoms with E-state index in [9.17, 15) is 14.7 Å². The maximum atomic E-state index is 12.3. The summed E-state index contributed by atoms with van der Waals surface area (Å²) in [5, 5.41) is 9.59. The number of nitrogens with zero attached hydrogens (tertiary/aromatic N) is 1. The monoisotopic (exact) mass is 794 g/mol. The van der Waals surface area contributed by atoms with Crippen LogP contribution in [0.1, 0.15) is 221 Å². The lowest BCUT2D eigenvalue weighted by Gasteiger charge is -2.33. The standard InChI is InChI=1S/C43H86NO5.H2O4S/c1-4-6-8-10-12-14-16-18-20-22-24-26-28-30-32-34-42(46)48-40-37-44(3,36-39-45)38-41-49-43(47)35-33-31-29-27-25-23-21-19-17-15-13-11-9-7-5-2;1-5(2,3)4/h45H,4-41H2,1-3H3;(H2,1,2,3,4)/q+1;/p-1. The van der Waals surface area contributed by atoms with E-state index in [1.165, 1.54) is 167 Å². The average Bonchev–Trinajstić information content (AvgIpc) is 3.11. The Morgan fingerprint density at radius 1 is 0.481 bits per heavy atom. The highest BCUT2D eigenvalue weighted by molar-refractivity contribution is 7.79. The number of rotatable bonds is 40. The van der Waals surface area contributed by atoms with Crippen LogP contribution in [-0.2, 0) is 29.5 Å². The van der Waals surface area contributed by atoms with E-state index in [0.717, 1.165) is 25.7 Å². The van der Waals surface area contributed by atoms with Crippen LogP contribution < -0.4 is 0 Å². The highest BCUT2D eigenvalue weighted by Crippen LogP contribution is 2.16. The van der Waals surface area contributed by atoms with Crippen molar-refractivity contribution in [2.45, 2.75) is 219 Å². The van der Waals surface area contributed by atoms with E-state index in [-0.39, 0.29) is 20.0 Å². The lowest BCUT2D eigenvalue weighted by atomic mass is 10.0. The van der Waals surface area contributed by atoms with Crippen molar-refractivity contribution in [3.05, 3.63) is 0 Å². The number of carbonyl (C=O) groups excluding carboxylic acids is 2. The highest BCUT2D eigenvalue weighted by atomic mass is 32.3. The molecule has 0 unspecified atom stereocenters. The van der Waals surface area contributed by atoms with Crippen LogP contribution in [0.3, 0.4) is 0 Å². The molecule has 54 heavy (non-hydrogen) atoms. The first-order valence-corrected chi connectivity index (χ1v) is 23.7. The summed E-state index contributed by atoms with van der Waals surface area (Å²) >= 11 is 0. The molecule has 11 heteroatoms.